The Kier molecular flexibility index (Phi) is 17.4. The Labute approximate surface area is 161 Å². The maximum atomic E-state index is 10.5. The molecule has 26 heavy (non-hydrogen) atoms. The Balaban J connectivity index is 3.13. The Hall–Kier alpha value is -0.610. The van der Waals surface area contributed by atoms with Gasteiger partial charge in [-0.3, -0.25) is 0 Å². The van der Waals surface area contributed by atoms with Gasteiger partial charge in [-0.15, -0.1) is 0 Å². The van der Waals surface area contributed by atoms with Gasteiger partial charge in [0.2, 0.25) is 0 Å². The summed E-state index contributed by atoms with van der Waals surface area (Å²) in [5.41, 5.74) is 0. The van der Waals surface area contributed by atoms with E-state index in [0.717, 1.165) is 19.3 Å². The average Bonchev–Trinajstić information content (AvgIpc) is 2.60. The van der Waals surface area contributed by atoms with Gasteiger partial charge < -0.3 is 15.3 Å². The molecule has 0 aliphatic carbocycles. The van der Waals surface area contributed by atoms with Crippen LogP contribution >= 0.6 is 0 Å². The number of carbonyl (C=O) groups is 1. The molecule has 0 saturated heterocycles. The first kappa shape index (κ1) is 25.4. The summed E-state index contributed by atoms with van der Waals surface area (Å²) in [5.74, 6) is -4.10. The normalized spacial score (nSPS) is 11.8. The fourth-order valence-corrected chi connectivity index (χ4v) is 3.38. The largest absolute Gasteiger partial charge is 0.477 e. The molecule has 0 unspecified atom stereocenters. The minimum atomic E-state index is -2.55. The fraction of sp³-hybridized carbons (Fsp3) is 0.955. The van der Waals surface area contributed by atoms with E-state index in [0.29, 0.717) is 6.42 Å². The Morgan fingerprint density at radius 1 is 0.577 bits per heavy atom. The van der Waals surface area contributed by atoms with Crippen LogP contribution in [0.5, 0.6) is 0 Å². The summed E-state index contributed by atoms with van der Waals surface area (Å²) >= 11 is 0. The third-order valence-corrected chi connectivity index (χ3v) is 5.22. The van der Waals surface area contributed by atoms with Crippen molar-refractivity contribution in [3.63, 3.8) is 0 Å². The highest BCUT2D eigenvalue weighted by atomic mass is 16.5. The molecule has 0 radical (unpaired) electrons. The lowest BCUT2D eigenvalue weighted by Gasteiger charge is -2.15. The van der Waals surface area contributed by atoms with Crippen molar-refractivity contribution < 1.29 is 20.1 Å². The van der Waals surface area contributed by atoms with Gasteiger partial charge in [0.1, 0.15) is 0 Å². The van der Waals surface area contributed by atoms with Gasteiger partial charge in [-0.05, 0) is 6.42 Å². The molecule has 0 amide bonds. The first-order valence-corrected chi connectivity index (χ1v) is 11.2. The number of aliphatic hydroxyl groups is 2. The standard InChI is InChI=1S/C22H44O4/c1-2-3-4-5-6-7-8-9-10-11-12-13-14-15-16-17-18-19-20-22(25,26)21(23)24/h25-26H,2-20H2,1H3,(H,23,24). The summed E-state index contributed by atoms with van der Waals surface area (Å²) in [5, 5.41) is 27.0. The fourth-order valence-electron chi connectivity index (χ4n) is 3.38. The molecule has 0 aromatic heterocycles. The molecule has 0 atom stereocenters. The monoisotopic (exact) mass is 372 g/mol. The Morgan fingerprint density at radius 2 is 0.846 bits per heavy atom. The Bertz CT molecular complexity index is 315. The van der Waals surface area contributed by atoms with Crippen molar-refractivity contribution in [2.45, 2.75) is 135 Å². The van der Waals surface area contributed by atoms with Crippen molar-refractivity contribution in [2.24, 2.45) is 0 Å². The minimum absolute atomic E-state index is 0.0823. The highest BCUT2D eigenvalue weighted by Crippen LogP contribution is 2.16. The molecule has 0 aliphatic heterocycles. The van der Waals surface area contributed by atoms with Crippen LogP contribution in [0.25, 0.3) is 0 Å². The molecule has 156 valence electrons. The number of carboxylic acids is 1. The van der Waals surface area contributed by atoms with Crippen LogP contribution in [0.2, 0.25) is 0 Å². The van der Waals surface area contributed by atoms with Crippen LogP contribution in [0, 0.1) is 0 Å². The van der Waals surface area contributed by atoms with Gasteiger partial charge in [0.15, 0.2) is 0 Å². The van der Waals surface area contributed by atoms with Gasteiger partial charge >= 0.3 is 5.97 Å². The molecule has 0 saturated carbocycles. The maximum absolute atomic E-state index is 10.5. The van der Waals surface area contributed by atoms with E-state index in [1.807, 2.05) is 0 Å². The molecule has 0 heterocycles. The molecule has 4 nitrogen and oxygen atoms in total. The van der Waals surface area contributed by atoms with E-state index in [2.05, 4.69) is 6.92 Å². The second-order valence-corrected chi connectivity index (χ2v) is 7.88. The van der Waals surface area contributed by atoms with Crippen molar-refractivity contribution >= 4 is 5.97 Å². The van der Waals surface area contributed by atoms with Crippen molar-refractivity contribution in [3.8, 4) is 0 Å². The molecular formula is C22H44O4. The van der Waals surface area contributed by atoms with Gasteiger partial charge in [0, 0.05) is 6.42 Å². The van der Waals surface area contributed by atoms with E-state index < -0.39 is 11.8 Å². The number of carboxylic acid groups (broad SMARTS) is 1. The highest BCUT2D eigenvalue weighted by Gasteiger charge is 2.31. The van der Waals surface area contributed by atoms with E-state index in [9.17, 15) is 15.0 Å². The summed E-state index contributed by atoms with van der Waals surface area (Å²) in [4.78, 5) is 10.5. The molecule has 0 fully saturated rings. The van der Waals surface area contributed by atoms with Gasteiger partial charge in [0.25, 0.3) is 5.79 Å². The van der Waals surface area contributed by atoms with Crippen LogP contribution < -0.4 is 0 Å². The van der Waals surface area contributed by atoms with Crippen LogP contribution in [0.1, 0.15) is 129 Å². The molecule has 0 spiro atoms. The lowest BCUT2D eigenvalue weighted by atomic mass is 10.0. The Morgan fingerprint density at radius 3 is 1.12 bits per heavy atom. The molecule has 0 rings (SSSR count). The molecule has 4 heteroatoms. The lowest BCUT2D eigenvalue weighted by molar-refractivity contribution is -0.205. The highest BCUT2D eigenvalue weighted by molar-refractivity contribution is 5.74. The molecule has 3 N–H and O–H groups in total. The summed E-state index contributed by atoms with van der Waals surface area (Å²) < 4.78 is 0. The smallest absolute Gasteiger partial charge is 0.364 e. The minimum Gasteiger partial charge on any atom is -0.477 e. The van der Waals surface area contributed by atoms with E-state index in [4.69, 9.17) is 5.11 Å². The first-order chi connectivity index (χ1) is 12.5. The molecular weight excluding hydrogens is 328 g/mol. The second kappa shape index (κ2) is 17.8. The van der Waals surface area contributed by atoms with Gasteiger partial charge in [-0.25, -0.2) is 4.79 Å². The zero-order chi connectivity index (χ0) is 19.5. The van der Waals surface area contributed by atoms with Crippen LogP contribution in [-0.2, 0) is 4.79 Å². The van der Waals surface area contributed by atoms with E-state index in [-0.39, 0.29) is 6.42 Å². The van der Waals surface area contributed by atoms with Crippen LogP contribution in [0.15, 0.2) is 0 Å². The average molecular weight is 373 g/mol. The summed E-state index contributed by atoms with van der Waals surface area (Å²) in [6, 6.07) is 0. The van der Waals surface area contributed by atoms with Crippen LogP contribution in [0.3, 0.4) is 0 Å². The summed E-state index contributed by atoms with van der Waals surface area (Å²) in [6.07, 6.45) is 22.8. The first-order valence-electron chi connectivity index (χ1n) is 11.2. The zero-order valence-electron chi connectivity index (χ0n) is 17.2. The predicted octanol–water partition coefficient (Wildman–Crippen LogP) is 6.18. The van der Waals surface area contributed by atoms with Crippen molar-refractivity contribution in [3.05, 3.63) is 0 Å². The third-order valence-electron chi connectivity index (χ3n) is 5.22. The number of aliphatic carboxylic acids is 1. The predicted molar refractivity (Wildman–Crippen MR) is 108 cm³/mol. The van der Waals surface area contributed by atoms with Crippen LogP contribution in [-0.4, -0.2) is 27.1 Å². The van der Waals surface area contributed by atoms with Crippen LogP contribution in [0.4, 0.5) is 0 Å². The molecule has 0 aromatic carbocycles. The second-order valence-electron chi connectivity index (χ2n) is 7.88. The quantitative estimate of drug-likeness (QED) is 0.176. The third kappa shape index (κ3) is 16.8. The van der Waals surface area contributed by atoms with E-state index >= 15 is 0 Å². The van der Waals surface area contributed by atoms with E-state index in [1.165, 1.54) is 89.9 Å². The number of hydrogen-bond donors (Lipinski definition) is 3. The van der Waals surface area contributed by atoms with Crippen molar-refractivity contribution in [2.75, 3.05) is 0 Å². The summed E-state index contributed by atoms with van der Waals surface area (Å²) in [7, 11) is 0. The van der Waals surface area contributed by atoms with Gasteiger partial charge in [-0.1, -0.05) is 116 Å². The van der Waals surface area contributed by atoms with Gasteiger partial charge in [-0.2, -0.15) is 0 Å². The van der Waals surface area contributed by atoms with E-state index in [1.54, 1.807) is 0 Å². The SMILES string of the molecule is CCCCCCCCCCCCCCCCCCCCC(O)(O)C(=O)O. The summed E-state index contributed by atoms with van der Waals surface area (Å²) in [6.45, 7) is 2.27. The van der Waals surface area contributed by atoms with Crippen molar-refractivity contribution in [1.29, 1.82) is 0 Å². The zero-order valence-corrected chi connectivity index (χ0v) is 17.2. The molecule has 0 bridgehead atoms. The van der Waals surface area contributed by atoms with Crippen molar-refractivity contribution in [1.82, 2.24) is 0 Å². The number of unbranched alkanes of at least 4 members (excludes halogenated alkanes) is 17. The van der Waals surface area contributed by atoms with Gasteiger partial charge in [0.05, 0.1) is 0 Å². The number of rotatable bonds is 20. The molecule has 0 aromatic rings. The lowest BCUT2D eigenvalue weighted by Crippen LogP contribution is -2.37. The maximum Gasteiger partial charge on any atom is 0.364 e. The molecule has 0 aliphatic rings. The topological polar surface area (TPSA) is 77.8 Å². The number of hydrogen-bond acceptors (Lipinski definition) is 3.